The maximum atomic E-state index is 11.5. The fourth-order valence-corrected chi connectivity index (χ4v) is 1.46. The van der Waals surface area contributed by atoms with Crippen molar-refractivity contribution >= 4 is 11.8 Å². The maximum Gasteiger partial charge on any atom is 0.287 e. The summed E-state index contributed by atoms with van der Waals surface area (Å²) in [6, 6.07) is 1.49. The molecule has 0 unspecified atom stereocenters. The van der Waals surface area contributed by atoms with Gasteiger partial charge in [-0.05, 0) is 13.5 Å². The molecule has 0 saturated carbocycles. The van der Waals surface area contributed by atoms with E-state index in [1.54, 1.807) is 11.9 Å². The molecular weight excluding hydrogens is 250 g/mol. The Balaban J connectivity index is 2.43. The quantitative estimate of drug-likeness (QED) is 0.340. The third-order valence-corrected chi connectivity index (χ3v) is 2.33. The van der Waals surface area contributed by atoms with Crippen molar-refractivity contribution in [2.24, 2.45) is 5.84 Å². The molecule has 4 N–H and O–H groups in total. The second-order valence-corrected chi connectivity index (χ2v) is 4.17. The Bertz CT molecular complexity index is 432. The summed E-state index contributed by atoms with van der Waals surface area (Å²) in [5, 5.41) is 6.35. The van der Waals surface area contributed by atoms with E-state index in [1.807, 2.05) is 12.3 Å². The van der Waals surface area contributed by atoms with Crippen LogP contribution in [0, 0.1) is 0 Å². The first-order valence-corrected chi connectivity index (χ1v) is 5.98. The summed E-state index contributed by atoms with van der Waals surface area (Å²) >= 11 is 0. The van der Waals surface area contributed by atoms with Crippen LogP contribution in [0.4, 0.5) is 0 Å². The molecule has 0 aliphatic rings. The number of nitrogens with one attached hydrogen (secondary N) is 2. The topological polar surface area (TPSA) is 113 Å². The molecule has 0 aliphatic heterocycles. The van der Waals surface area contributed by atoms with Crippen LogP contribution in [-0.4, -0.2) is 42.0 Å². The Morgan fingerprint density at radius 1 is 1.53 bits per heavy atom. The van der Waals surface area contributed by atoms with Crippen LogP contribution in [0.25, 0.3) is 0 Å². The lowest BCUT2D eigenvalue weighted by Crippen LogP contribution is -2.35. The van der Waals surface area contributed by atoms with Crippen molar-refractivity contribution in [3.63, 3.8) is 0 Å². The van der Waals surface area contributed by atoms with Gasteiger partial charge in [-0.25, -0.2) is 5.84 Å². The van der Waals surface area contributed by atoms with Crippen LogP contribution in [0.1, 0.15) is 29.6 Å². The molecule has 8 nitrogen and oxygen atoms in total. The summed E-state index contributed by atoms with van der Waals surface area (Å²) in [6.07, 6.45) is 0.898. The van der Waals surface area contributed by atoms with E-state index in [1.165, 1.54) is 6.07 Å². The molecule has 0 aromatic carbocycles. The minimum Gasteiger partial charge on any atom is -0.359 e. The number of aromatic nitrogens is 1. The van der Waals surface area contributed by atoms with E-state index in [2.05, 4.69) is 10.5 Å². The number of amides is 2. The van der Waals surface area contributed by atoms with Gasteiger partial charge in [0.05, 0.1) is 13.1 Å². The van der Waals surface area contributed by atoms with Gasteiger partial charge in [0.25, 0.3) is 5.91 Å². The zero-order chi connectivity index (χ0) is 14.3. The molecule has 0 spiro atoms. The fourth-order valence-electron chi connectivity index (χ4n) is 1.46. The van der Waals surface area contributed by atoms with Crippen LogP contribution in [0.3, 0.4) is 0 Å². The molecule has 1 heterocycles. The summed E-state index contributed by atoms with van der Waals surface area (Å²) in [6.45, 7) is 3.28. The van der Waals surface area contributed by atoms with Gasteiger partial charge in [0.1, 0.15) is 0 Å². The normalized spacial score (nSPS) is 10.5. The fraction of sp³-hybridized carbons (Fsp3) is 0.545. The van der Waals surface area contributed by atoms with Gasteiger partial charge in [0.2, 0.25) is 5.91 Å². The molecule has 106 valence electrons. The van der Waals surface area contributed by atoms with Gasteiger partial charge in [-0.1, -0.05) is 12.1 Å². The van der Waals surface area contributed by atoms with E-state index in [-0.39, 0.29) is 18.1 Å². The molecule has 8 heteroatoms. The van der Waals surface area contributed by atoms with Crippen LogP contribution < -0.4 is 16.6 Å². The van der Waals surface area contributed by atoms with Gasteiger partial charge >= 0.3 is 0 Å². The molecule has 1 rings (SSSR count). The Labute approximate surface area is 111 Å². The van der Waals surface area contributed by atoms with E-state index < -0.39 is 5.91 Å². The Morgan fingerprint density at radius 3 is 2.89 bits per heavy atom. The monoisotopic (exact) mass is 269 g/mol. The predicted molar refractivity (Wildman–Crippen MR) is 67.8 cm³/mol. The molecule has 2 amide bonds. The van der Waals surface area contributed by atoms with Gasteiger partial charge < -0.3 is 9.84 Å². The van der Waals surface area contributed by atoms with Crippen molar-refractivity contribution in [1.29, 1.82) is 0 Å². The van der Waals surface area contributed by atoms with Crippen molar-refractivity contribution in [3.05, 3.63) is 17.5 Å². The second kappa shape index (κ2) is 7.49. The van der Waals surface area contributed by atoms with Crippen LogP contribution >= 0.6 is 0 Å². The molecular formula is C11H19N5O3. The minimum atomic E-state index is -0.515. The lowest BCUT2D eigenvalue weighted by atomic mass is 10.3. The average molecular weight is 269 g/mol. The number of hydrazine groups is 1. The molecule has 0 aliphatic carbocycles. The lowest BCUT2D eigenvalue weighted by molar-refractivity contribution is -0.122. The van der Waals surface area contributed by atoms with Crippen LogP contribution in [-0.2, 0) is 11.3 Å². The Kier molecular flexibility index (Phi) is 5.97. The summed E-state index contributed by atoms with van der Waals surface area (Å²) < 4.78 is 4.98. The van der Waals surface area contributed by atoms with E-state index in [4.69, 9.17) is 10.4 Å². The number of carbonyl (C=O) groups is 2. The summed E-state index contributed by atoms with van der Waals surface area (Å²) in [4.78, 5) is 24.4. The molecule has 0 bridgehead atoms. The summed E-state index contributed by atoms with van der Waals surface area (Å²) in [5.41, 5.74) is 2.08. The predicted octanol–water partition coefficient (Wildman–Crippen LogP) is -0.764. The average Bonchev–Trinajstić information content (AvgIpc) is 2.83. The Morgan fingerprint density at radius 2 is 2.26 bits per heavy atom. The molecule has 0 radical (unpaired) electrons. The second-order valence-electron chi connectivity index (χ2n) is 4.17. The van der Waals surface area contributed by atoms with Gasteiger partial charge in [-0.2, -0.15) is 0 Å². The van der Waals surface area contributed by atoms with Gasteiger partial charge in [-0.3, -0.25) is 19.9 Å². The highest BCUT2D eigenvalue weighted by Gasteiger charge is 2.13. The van der Waals surface area contributed by atoms with E-state index in [0.29, 0.717) is 18.8 Å². The van der Waals surface area contributed by atoms with Crippen LogP contribution in [0.15, 0.2) is 10.6 Å². The number of hydrogen-bond donors (Lipinski definition) is 3. The lowest BCUT2D eigenvalue weighted by Gasteiger charge is -2.13. The van der Waals surface area contributed by atoms with Gasteiger partial charge in [0, 0.05) is 12.6 Å². The molecule has 0 saturated heterocycles. The largest absolute Gasteiger partial charge is 0.359 e. The first-order valence-electron chi connectivity index (χ1n) is 5.98. The molecule has 0 fully saturated rings. The number of likely N-dealkylation sites (N-methyl/N-ethyl adjacent to an activating group) is 1. The van der Waals surface area contributed by atoms with E-state index in [9.17, 15) is 9.59 Å². The number of rotatable bonds is 7. The smallest absolute Gasteiger partial charge is 0.287 e. The van der Waals surface area contributed by atoms with Crippen molar-refractivity contribution in [2.75, 3.05) is 20.1 Å². The standard InChI is InChI=1S/C11H19N5O3/c1-3-4-13-10(17)7-16(2)6-8-5-9(15-19-8)11(18)14-12/h5H,3-4,6-7,12H2,1-2H3,(H,13,17)(H,14,18). The minimum absolute atomic E-state index is 0.0520. The van der Waals surface area contributed by atoms with Crippen molar-refractivity contribution in [3.8, 4) is 0 Å². The van der Waals surface area contributed by atoms with Gasteiger partial charge in [0.15, 0.2) is 11.5 Å². The Hall–Kier alpha value is -1.93. The maximum absolute atomic E-state index is 11.5. The number of hydrogen-bond acceptors (Lipinski definition) is 6. The van der Waals surface area contributed by atoms with Crippen molar-refractivity contribution in [1.82, 2.24) is 20.8 Å². The van der Waals surface area contributed by atoms with Crippen molar-refractivity contribution in [2.45, 2.75) is 19.9 Å². The number of carbonyl (C=O) groups excluding carboxylic acids is 2. The van der Waals surface area contributed by atoms with Crippen LogP contribution in [0.5, 0.6) is 0 Å². The summed E-state index contributed by atoms with van der Waals surface area (Å²) in [7, 11) is 1.77. The molecule has 1 aromatic heterocycles. The number of nitrogens with zero attached hydrogens (tertiary/aromatic N) is 2. The molecule has 1 aromatic rings. The first kappa shape index (κ1) is 15.1. The van der Waals surface area contributed by atoms with E-state index >= 15 is 0 Å². The zero-order valence-corrected chi connectivity index (χ0v) is 11.1. The highest BCUT2D eigenvalue weighted by molar-refractivity contribution is 5.91. The van der Waals surface area contributed by atoms with Crippen LogP contribution in [0.2, 0.25) is 0 Å². The third kappa shape index (κ3) is 5.06. The van der Waals surface area contributed by atoms with E-state index in [0.717, 1.165) is 6.42 Å². The highest BCUT2D eigenvalue weighted by atomic mass is 16.5. The highest BCUT2D eigenvalue weighted by Crippen LogP contribution is 2.06. The summed E-state index contributed by atoms with van der Waals surface area (Å²) in [5.74, 6) is 4.91. The van der Waals surface area contributed by atoms with Gasteiger partial charge in [-0.15, -0.1) is 0 Å². The first-order chi connectivity index (χ1) is 9.06. The third-order valence-electron chi connectivity index (χ3n) is 2.33. The number of nitrogen functional groups attached to an aromatic ring is 1. The van der Waals surface area contributed by atoms with Crippen molar-refractivity contribution < 1.29 is 14.1 Å². The molecule has 0 atom stereocenters. The SMILES string of the molecule is CCCNC(=O)CN(C)Cc1cc(C(=O)NN)no1. The molecule has 19 heavy (non-hydrogen) atoms. The zero-order valence-electron chi connectivity index (χ0n) is 11.1. The number of nitrogens with two attached hydrogens (primary N) is 1.